The molecular weight excluding hydrogens is 288 g/mol. The van der Waals surface area contributed by atoms with Gasteiger partial charge in [-0.25, -0.2) is 4.98 Å². The predicted octanol–water partition coefficient (Wildman–Crippen LogP) is 3.87. The van der Waals surface area contributed by atoms with E-state index in [0.29, 0.717) is 18.4 Å². The lowest BCUT2D eigenvalue weighted by atomic mass is 9.94. The Bertz CT molecular complexity index is 758. The van der Waals surface area contributed by atoms with E-state index in [-0.39, 0.29) is 0 Å². The molecular formula is C19H20N2O2. The Kier molecular flexibility index (Phi) is 3.99. The summed E-state index contributed by atoms with van der Waals surface area (Å²) in [5.74, 6) is 2.02. The number of fused-ring (bicyclic) bond motifs is 1. The highest BCUT2D eigenvalue weighted by atomic mass is 16.5. The Morgan fingerprint density at radius 2 is 1.96 bits per heavy atom. The molecule has 0 atom stereocenters. The topological polar surface area (TPSA) is 47.3 Å². The molecule has 0 spiro atoms. The first kappa shape index (κ1) is 14.3. The van der Waals surface area contributed by atoms with Gasteiger partial charge in [0.1, 0.15) is 18.0 Å². The van der Waals surface area contributed by atoms with E-state index in [9.17, 15) is 0 Å². The van der Waals surface area contributed by atoms with Crippen molar-refractivity contribution in [1.82, 2.24) is 10.3 Å². The van der Waals surface area contributed by atoms with Gasteiger partial charge in [-0.1, -0.05) is 24.3 Å². The number of nitrogens with zero attached hydrogens (tertiary/aromatic N) is 1. The predicted molar refractivity (Wildman–Crippen MR) is 89.6 cm³/mol. The molecule has 1 saturated heterocycles. The van der Waals surface area contributed by atoms with Crippen LogP contribution in [0.1, 0.15) is 30.2 Å². The minimum absolute atomic E-state index is 0.400. The van der Waals surface area contributed by atoms with Crippen molar-refractivity contribution in [2.75, 3.05) is 13.1 Å². The number of hydrogen-bond acceptors (Lipinski definition) is 4. The van der Waals surface area contributed by atoms with E-state index < -0.39 is 0 Å². The molecule has 23 heavy (non-hydrogen) atoms. The fraction of sp³-hybridized carbons (Fsp3) is 0.316. The fourth-order valence-corrected chi connectivity index (χ4v) is 3.11. The van der Waals surface area contributed by atoms with Gasteiger partial charge in [0.15, 0.2) is 0 Å². The van der Waals surface area contributed by atoms with E-state index in [4.69, 9.17) is 9.15 Å². The van der Waals surface area contributed by atoms with Gasteiger partial charge < -0.3 is 14.5 Å². The number of hydrogen-bond donors (Lipinski definition) is 1. The first-order valence-corrected chi connectivity index (χ1v) is 8.16. The van der Waals surface area contributed by atoms with Crippen molar-refractivity contribution in [3.63, 3.8) is 0 Å². The van der Waals surface area contributed by atoms with Crippen LogP contribution >= 0.6 is 0 Å². The third kappa shape index (κ3) is 3.22. The van der Waals surface area contributed by atoms with Gasteiger partial charge in [0.05, 0.1) is 0 Å². The standard InChI is InChI=1S/C19H20N2O2/c1-2-6-18-15(4-1)12-16(23-18)13-22-19-7-3-5-17(21-19)14-8-10-20-11-9-14/h1-7,12,14,20H,8-11,13H2. The molecule has 118 valence electrons. The number of ether oxygens (including phenoxy) is 1. The second-order valence-corrected chi connectivity index (χ2v) is 5.96. The number of piperidine rings is 1. The monoisotopic (exact) mass is 308 g/mol. The molecule has 0 amide bonds. The number of furan rings is 1. The Morgan fingerprint density at radius 3 is 2.83 bits per heavy atom. The van der Waals surface area contributed by atoms with Gasteiger partial charge in [0.25, 0.3) is 0 Å². The second-order valence-electron chi connectivity index (χ2n) is 5.96. The van der Waals surface area contributed by atoms with Crippen LogP contribution in [0.15, 0.2) is 52.9 Å². The molecule has 2 aromatic heterocycles. The number of pyridine rings is 1. The van der Waals surface area contributed by atoms with Crippen molar-refractivity contribution in [3.8, 4) is 5.88 Å². The Morgan fingerprint density at radius 1 is 1.09 bits per heavy atom. The zero-order chi connectivity index (χ0) is 15.5. The molecule has 4 nitrogen and oxygen atoms in total. The highest BCUT2D eigenvalue weighted by Gasteiger charge is 2.16. The fourth-order valence-electron chi connectivity index (χ4n) is 3.11. The van der Waals surface area contributed by atoms with E-state index in [1.807, 2.05) is 42.5 Å². The van der Waals surface area contributed by atoms with Crippen LogP contribution in [-0.2, 0) is 6.61 Å². The Labute approximate surface area is 135 Å². The zero-order valence-corrected chi connectivity index (χ0v) is 13.0. The average molecular weight is 308 g/mol. The maximum atomic E-state index is 5.83. The number of rotatable bonds is 4. The van der Waals surface area contributed by atoms with Crippen LogP contribution in [0.2, 0.25) is 0 Å². The van der Waals surface area contributed by atoms with E-state index in [2.05, 4.69) is 16.4 Å². The van der Waals surface area contributed by atoms with Crippen molar-refractivity contribution in [2.45, 2.75) is 25.4 Å². The van der Waals surface area contributed by atoms with Gasteiger partial charge in [-0.3, -0.25) is 0 Å². The highest BCUT2D eigenvalue weighted by molar-refractivity contribution is 5.77. The second kappa shape index (κ2) is 6.42. The normalized spacial score (nSPS) is 15.8. The maximum absolute atomic E-state index is 5.83. The van der Waals surface area contributed by atoms with Gasteiger partial charge in [-0.2, -0.15) is 0 Å². The van der Waals surface area contributed by atoms with Crippen LogP contribution in [0.25, 0.3) is 11.0 Å². The molecule has 1 N–H and O–H groups in total. The minimum atomic E-state index is 0.400. The molecule has 1 aromatic carbocycles. The quantitative estimate of drug-likeness (QED) is 0.794. The molecule has 0 aliphatic carbocycles. The molecule has 3 heterocycles. The molecule has 4 rings (SSSR count). The van der Waals surface area contributed by atoms with Crippen LogP contribution < -0.4 is 10.1 Å². The molecule has 0 radical (unpaired) electrons. The highest BCUT2D eigenvalue weighted by Crippen LogP contribution is 2.25. The van der Waals surface area contributed by atoms with E-state index in [0.717, 1.165) is 48.4 Å². The molecule has 0 saturated carbocycles. The lowest BCUT2D eigenvalue weighted by molar-refractivity contribution is 0.263. The smallest absolute Gasteiger partial charge is 0.213 e. The van der Waals surface area contributed by atoms with Gasteiger partial charge in [-0.05, 0) is 44.1 Å². The van der Waals surface area contributed by atoms with Gasteiger partial charge in [-0.15, -0.1) is 0 Å². The summed E-state index contributed by atoms with van der Waals surface area (Å²) in [4.78, 5) is 4.67. The third-order valence-electron chi connectivity index (χ3n) is 4.34. The SMILES string of the molecule is c1cc(OCc2cc3ccccc3o2)nc(C2CCNCC2)c1. The molecule has 4 heteroatoms. The molecule has 0 unspecified atom stereocenters. The summed E-state index contributed by atoms with van der Waals surface area (Å²) in [5, 5.41) is 4.49. The number of para-hydroxylation sites is 1. The van der Waals surface area contributed by atoms with Gasteiger partial charge in [0.2, 0.25) is 5.88 Å². The molecule has 1 aliphatic heterocycles. The van der Waals surface area contributed by atoms with Crippen molar-refractivity contribution in [2.24, 2.45) is 0 Å². The van der Waals surface area contributed by atoms with Gasteiger partial charge in [0, 0.05) is 23.1 Å². The van der Waals surface area contributed by atoms with Crippen LogP contribution in [0.5, 0.6) is 5.88 Å². The van der Waals surface area contributed by atoms with Crippen LogP contribution in [0.4, 0.5) is 0 Å². The molecule has 1 fully saturated rings. The number of nitrogens with one attached hydrogen (secondary N) is 1. The molecule has 1 aliphatic rings. The van der Waals surface area contributed by atoms with Crippen LogP contribution in [-0.4, -0.2) is 18.1 Å². The van der Waals surface area contributed by atoms with Crippen LogP contribution in [0.3, 0.4) is 0 Å². The van der Waals surface area contributed by atoms with Crippen molar-refractivity contribution >= 4 is 11.0 Å². The summed E-state index contributed by atoms with van der Waals surface area (Å²) < 4.78 is 11.6. The van der Waals surface area contributed by atoms with E-state index >= 15 is 0 Å². The Hall–Kier alpha value is -2.33. The maximum Gasteiger partial charge on any atom is 0.213 e. The summed E-state index contributed by atoms with van der Waals surface area (Å²) in [6, 6.07) is 16.0. The van der Waals surface area contributed by atoms with E-state index in [1.165, 1.54) is 0 Å². The van der Waals surface area contributed by atoms with Crippen LogP contribution in [0, 0.1) is 0 Å². The summed E-state index contributed by atoms with van der Waals surface area (Å²) in [5.41, 5.74) is 2.02. The first-order valence-electron chi connectivity index (χ1n) is 8.16. The summed E-state index contributed by atoms with van der Waals surface area (Å²) in [7, 11) is 0. The molecule has 3 aromatic rings. The number of benzene rings is 1. The Balaban J connectivity index is 1.46. The minimum Gasteiger partial charge on any atom is -0.469 e. The first-order chi connectivity index (χ1) is 11.4. The van der Waals surface area contributed by atoms with Gasteiger partial charge >= 0.3 is 0 Å². The van der Waals surface area contributed by atoms with E-state index in [1.54, 1.807) is 0 Å². The summed E-state index contributed by atoms with van der Waals surface area (Å²) >= 11 is 0. The van der Waals surface area contributed by atoms with Crippen molar-refractivity contribution in [3.05, 3.63) is 60.0 Å². The zero-order valence-electron chi connectivity index (χ0n) is 13.0. The largest absolute Gasteiger partial charge is 0.469 e. The lowest BCUT2D eigenvalue weighted by Crippen LogP contribution is -2.27. The average Bonchev–Trinajstić information content (AvgIpc) is 3.04. The summed E-state index contributed by atoms with van der Waals surface area (Å²) in [6.07, 6.45) is 2.28. The molecule has 0 bridgehead atoms. The third-order valence-corrected chi connectivity index (χ3v) is 4.34. The summed E-state index contributed by atoms with van der Waals surface area (Å²) in [6.45, 7) is 2.53. The van der Waals surface area contributed by atoms with Crippen molar-refractivity contribution in [1.29, 1.82) is 0 Å². The van der Waals surface area contributed by atoms with Crippen molar-refractivity contribution < 1.29 is 9.15 Å². The number of aromatic nitrogens is 1. The lowest BCUT2D eigenvalue weighted by Gasteiger charge is -2.22.